The van der Waals surface area contributed by atoms with Crippen LogP contribution in [-0.4, -0.2) is 46.8 Å². The molecule has 0 N–H and O–H groups in total. The van der Waals surface area contributed by atoms with Crippen LogP contribution in [-0.2, 0) is 16.6 Å². The van der Waals surface area contributed by atoms with E-state index in [0.717, 1.165) is 0 Å². The molecule has 0 aliphatic carbocycles. The van der Waals surface area contributed by atoms with E-state index in [1.807, 2.05) is 0 Å². The largest absolute Gasteiger partial charge is 0.464 e. The molecular formula is C17H24N2O4. The molecule has 1 aromatic rings. The predicted molar refractivity (Wildman–Crippen MR) is 87.6 cm³/mol. The van der Waals surface area contributed by atoms with E-state index in [9.17, 15) is 14.4 Å². The molecule has 6 heteroatoms. The first-order valence-corrected chi connectivity index (χ1v) is 7.35. The van der Waals surface area contributed by atoms with Crippen molar-refractivity contribution >= 4 is 17.7 Å². The number of carbonyl (C=O) groups excluding carboxylic acids is 3. The number of ether oxygens (including phenoxy) is 1. The third kappa shape index (κ3) is 3.36. The fourth-order valence-electron chi connectivity index (χ4n) is 2.78. The van der Waals surface area contributed by atoms with E-state index in [0.29, 0.717) is 22.5 Å². The molecule has 1 heterocycles. The lowest BCUT2D eigenvalue weighted by Crippen LogP contribution is -2.42. The second-order valence-electron chi connectivity index (χ2n) is 5.48. The highest BCUT2D eigenvalue weighted by molar-refractivity contribution is 6.06. The van der Waals surface area contributed by atoms with Crippen molar-refractivity contribution in [3.05, 3.63) is 35.2 Å². The minimum Gasteiger partial charge on any atom is -0.464 e. The minimum absolute atomic E-state index is 0.204. The number of rotatable bonds is 6. The van der Waals surface area contributed by atoms with Crippen LogP contribution in [0.2, 0.25) is 0 Å². The Morgan fingerprint density at radius 2 is 1.91 bits per heavy atom. The molecule has 0 aromatic carbocycles. The van der Waals surface area contributed by atoms with Crippen molar-refractivity contribution in [1.82, 2.24) is 9.47 Å². The van der Waals surface area contributed by atoms with Gasteiger partial charge in [-0.2, -0.15) is 0 Å². The Morgan fingerprint density at radius 3 is 2.35 bits per heavy atom. The van der Waals surface area contributed by atoms with Crippen molar-refractivity contribution in [3.63, 3.8) is 0 Å². The normalized spacial score (nSPS) is 11.7. The highest BCUT2D eigenvalue weighted by Crippen LogP contribution is 2.24. The summed E-state index contributed by atoms with van der Waals surface area (Å²) in [5.41, 5.74) is 2.03. The van der Waals surface area contributed by atoms with Gasteiger partial charge in [-0.05, 0) is 26.3 Å². The summed E-state index contributed by atoms with van der Waals surface area (Å²) in [4.78, 5) is 38.0. The van der Waals surface area contributed by atoms with Crippen molar-refractivity contribution in [2.24, 2.45) is 7.05 Å². The molecule has 0 bridgehead atoms. The van der Waals surface area contributed by atoms with Crippen LogP contribution >= 0.6 is 0 Å². The van der Waals surface area contributed by atoms with Crippen molar-refractivity contribution in [2.75, 3.05) is 13.7 Å². The fourth-order valence-corrected chi connectivity index (χ4v) is 2.78. The molecule has 1 atom stereocenters. The van der Waals surface area contributed by atoms with E-state index in [1.54, 1.807) is 38.5 Å². The average Bonchev–Trinajstić information content (AvgIpc) is 2.72. The standard InChI is InChI=1S/C17H24N2O4/c1-8-9-19(13(5)20)12(4)16(21)14-10(2)15(17(22)23-7)18(6)11(14)3/h8,12H,1,9H2,2-7H3/t12-/m1/s1. The summed E-state index contributed by atoms with van der Waals surface area (Å²) in [6, 6.07) is -0.643. The number of hydrogen-bond acceptors (Lipinski definition) is 4. The van der Waals surface area contributed by atoms with Gasteiger partial charge in [0.15, 0.2) is 5.78 Å². The lowest BCUT2D eigenvalue weighted by molar-refractivity contribution is -0.129. The van der Waals surface area contributed by atoms with Gasteiger partial charge in [0.25, 0.3) is 0 Å². The monoisotopic (exact) mass is 320 g/mol. The molecule has 0 saturated heterocycles. The van der Waals surface area contributed by atoms with E-state index >= 15 is 0 Å². The first-order valence-electron chi connectivity index (χ1n) is 7.35. The van der Waals surface area contributed by atoms with Gasteiger partial charge in [-0.15, -0.1) is 6.58 Å². The SMILES string of the molecule is C=CCN(C(C)=O)[C@H](C)C(=O)c1c(C)c(C(=O)OC)n(C)c1C. The summed E-state index contributed by atoms with van der Waals surface area (Å²) in [6.45, 7) is 10.5. The van der Waals surface area contributed by atoms with Crippen molar-refractivity contribution in [3.8, 4) is 0 Å². The summed E-state index contributed by atoms with van der Waals surface area (Å²) in [5.74, 6) is -0.901. The van der Waals surface area contributed by atoms with Crippen LogP contribution in [0.25, 0.3) is 0 Å². The molecule has 23 heavy (non-hydrogen) atoms. The number of nitrogens with zero attached hydrogens (tertiary/aromatic N) is 2. The van der Waals surface area contributed by atoms with Gasteiger partial charge in [-0.25, -0.2) is 4.79 Å². The highest BCUT2D eigenvalue weighted by atomic mass is 16.5. The maximum atomic E-state index is 12.9. The first kappa shape index (κ1) is 18.7. The third-order valence-electron chi connectivity index (χ3n) is 4.13. The number of methoxy groups -OCH3 is 1. The molecule has 0 fully saturated rings. The Hall–Kier alpha value is -2.37. The number of esters is 1. The van der Waals surface area contributed by atoms with Crippen molar-refractivity contribution in [1.29, 1.82) is 0 Å². The number of aromatic nitrogens is 1. The van der Waals surface area contributed by atoms with Gasteiger partial charge in [0.2, 0.25) is 5.91 Å². The van der Waals surface area contributed by atoms with Crippen LogP contribution in [0.1, 0.15) is 46.0 Å². The number of Topliss-reactive ketones (excluding diaryl/α,β-unsaturated/α-hetero) is 1. The molecule has 0 radical (unpaired) electrons. The number of carbonyl (C=O) groups is 3. The quantitative estimate of drug-likeness (QED) is 0.457. The molecule has 1 amide bonds. The summed E-state index contributed by atoms with van der Waals surface area (Å²) < 4.78 is 6.43. The zero-order valence-corrected chi connectivity index (χ0v) is 14.6. The van der Waals surface area contributed by atoms with Crippen LogP contribution in [0.15, 0.2) is 12.7 Å². The van der Waals surface area contributed by atoms with Crippen LogP contribution in [0.4, 0.5) is 0 Å². The van der Waals surface area contributed by atoms with E-state index < -0.39 is 12.0 Å². The van der Waals surface area contributed by atoms with E-state index in [2.05, 4.69) is 6.58 Å². The molecule has 126 valence electrons. The second-order valence-corrected chi connectivity index (χ2v) is 5.48. The maximum Gasteiger partial charge on any atom is 0.354 e. The highest BCUT2D eigenvalue weighted by Gasteiger charge is 2.30. The zero-order chi connectivity index (χ0) is 17.9. The summed E-state index contributed by atoms with van der Waals surface area (Å²) in [7, 11) is 3.01. The van der Waals surface area contributed by atoms with Gasteiger partial charge in [-0.1, -0.05) is 6.08 Å². The minimum atomic E-state index is -0.643. The maximum absolute atomic E-state index is 12.9. The molecule has 6 nitrogen and oxygen atoms in total. The Morgan fingerprint density at radius 1 is 1.35 bits per heavy atom. The summed E-state index contributed by atoms with van der Waals surface area (Å²) in [6.07, 6.45) is 1.58. The van der Waals surface area contributed by atoms with Gasteiger partial charge >= 0.3 is 5.97 Å². The zero-order valence-electron chi connectivity index (χ0n) is 14.6. The van der Waals surface area contributed by atoms with Crippen molar-refractivity contribution < 1.29 is 19.1 Å². The first-order chi connectivity index (χ1) is 10.7. The summed E-state index contributed by atoms with van der Waals surface area (Å²) >= 11 is 0. The Labute approximate surface area is 136 Å². The van der Waals surface area contributed by atoms with Gasteiger partial charge in [0.05, 0.1) is 13.2 Å². The Balaban J connectivity index is 3.36. The van der Waals surface area contributed by atoms with E-state index in [1.165, 1.54) is 18.9 Å². The second kappa shape index (κ2) is 7.26. The molecule has 0 unspecified atom stereocenters. The molecule has 1 rings (SSSR count). The van der Waals surface area contributed by atoms with Gasteiger partial charge < -0.3 is 14.2 Å². The average molecular weight is 320 g/mol. The molecule has 1 aromatic heterocycles. The number of amides is 1. The molecule has 0 saturated carbocycles. The van der Waals surface area contributed by atoms with Crippen LogP contribution < -0.4 is 0 Å². The molecular weight excluding hydrogens is 296 g/mol. The van der Waals surface area contributed by atoms with Crippen LogP contribution in [0, 0.1) is 13.8 Å². The smallest absolute Gasteiger partial charge is 0.354 e. The lowest BCUT2D eigenvalue weighted by atomic mass is 10.00. The van der Waals surface area contributed by atoms with E-state index in [-0.39, 0.29) is 18.2 Å². The van der Waals surface area contributed by atoms with Crippen molar-refractivity contribution in [2.45, 2.75) is 33.7 Å². The third-order valence-corrected chi connectivity index (χ3v) is 4.13. The predicted octanol–water partition coefficient (Wildman–Crippen LogP) is 2.03. The van der Waals surface area contributed by atoms with Gasteiger partial charge in [0, 0.05) is 31.8 Å². The van der Waals surface area contributed by atoms with Gasteiger partial charge in [-0.3, -0.25) is 9.59 Å². The lowest BCUT2D eigenvalue weighted by Gasteiger charge is -2.26. The van der Waals surface area contributed by atoms with Crippen LogP contribution in [0.5, 0.6) is 0 Å². The van der Waals surface area contributed by atoms with Crippen LogP contribution in [0.3, 0.4) is 0 Å². The molecule has 0 spiro atoms. The van der Waals surface area contributed by atoms with E-state index in [4.69, 9.17) is 4.74 Å². The topological polar surface area (TPSA) is 68.6 Å². The summed E-state index contributed by atoms with van der Waals surface area (Å²) in [5, 5.41) is 0. The van der Waals surface area contributed by atoms with Gasteiger partial charge in [0.1, 0.15) is 5.69 Å². The molecule has 0 aliphatic heterocycles. The Bertz CT molecular complexity index is 658. The number of ketones is 1. The number of hydrogen-bond donors (Lipinski definition) is 0. The Kier molecular flexibility index (Phi) is 5.90. The molecule has 0 aliphatic rings. The fraction of sp³-hybridized carbons (Fsp3) is 0.471.